The number of rotatable bonds is 9. The lowest BCUT2D eigenvalue weighted by atomic mass is 9.88. The number of likely N-dealkylation sites (tertiary alicyclic amines) is 2. The number of aryl methyl sites for hydroxylation is 2. The molecule has 2 aromatic rings. The Hall–Kier alpha value is -3.65. The van der Waals surface area contributed by atoms with Gasteiger partial charge in [-0.3, -0.25) is 0 Å². The molecule has 0 aromatic heterocycles. The molecule has 2 fully saturated rings. The van der Waals surface area contributed by atoms with E-state index in [-0.39, 0.29) is 42.8 Å². The highest BCUT2D eigenvalue weighted by molar-refractivity contribution is 5.68. The molecule has 2 aromatic carbocycles. The van der Waals surface area contributed by atoms with E-state index in [1.807, 2.05) is 71.6 Å². The smallest absolute Gasteiger partial charge is 0.410 e. The number of carbonyl (C=O) groups is 2. The van der Waals surface area contributed by atoms with E-state index in [1.165, 1.54) is 5.56 Å². The van der Waals surface area contributed by atoms with E-state index in [9.17, 15) is 9.59 Å². The van der Waals surface area contributed by atoms with Crippen LogP contribution in [0, 0.1) is 37.0 Å². The van der Waals surface area contributed by atoms with Crippen molar-refractivity contribution in [3.63, 3.8) is 0 Å². The van der Waals surface area contributed by atoms with Crippen LogP contribution >= 0.6 is 0 Å². The molecule has 2 heterocycles. The second-order valence-corrected chi connectivity index (χ2v) is 15.5. The Kier molecular flexibility index (Phi) is 15.6. The lowest BCUT2D eigenvalue weighted by Gasteiger charge is -2.37. The van der Waals surface area contributed by atoms with E-state index in [2.05, 4.69) is 43.3 Å². The monoisotopic (exact) mass is 692 g/mol. The third-order valence-electron chi connectivity index (χ3n) is 8.56. The Morgan fingerprint density at radius 2 is 1.24 bits per heavy atom. The second kappa shape index (κ2) is 19.1. The fourth-order valence-corrected chi connectivity index (χ4v) is 6.52. The zero-order chi connectivity index (χ0) is 36.9. The summed E-state index contributed by atoms with van der Waals surface area (Å²) in [5.74, 6) is 0.394. The summed E-state index contributed by atoms with van der Waals surface area (Å²) in [5.41, 5.74) is 9.25. The van der Waals surface area contributed by atoms with E-state index < -0.39 is 11.2 Å². The van der Waals surface area contributed by atoms with Crippen molar-refractivity contribution in [3.05, 3.63) is 70.8 Å². The molecule has 2 saturated heterocycles. The Morgan fingerprint density at radius 3 is 1.62 bits per heavy atom. The first-order valence-electron chi connectivity index (χ1n) is 18.0. The highest BCUT2D eigenvalue weighted by atomic mass is 16.6. The summed E-state index contributed by atoms with van der Waals surface area (Å²) < 4.78 is 23.0. The number of carbonyl (C=O) groups excluding carboxylic acids is 2. The van der Waals surface area contributed by atoms with Crippen molar-refractivity contribution in [2.75, 3.05) is 45.9 Å². The van der Waals surface area contributed by atoms with Crippen molar-refractivity contribution < 1.29 is 28.5 Å². The molecule has 2 N–H and O–H groups in total. The molecule has 276 valence electrons. The number of piperidine rings is 2. The molecule has 10 nitrogen and oxygen atoms in total. The molecule has 4 rings (SSSR count). The van der Waals surface area contributed by atoms with Crippen molar-refractivity contribution in [2.24, 2.45) is 17.6 Å². The number of benzene rings is 2. The maximum Gasteiger partial charge on any atom is 0.410 e. The first-order valence-corrected chi connectivity index (χ1v) is 18.0. The van der Waals surface area contributed by atoms with Gasteiger partial charge in [0.05, 0.1) is 24.9 Å². The van der Waals surface area contributed by atoms with E-state index in [1.54, 1.807) is 4.90 Å². The normalized spacial score (nSPS) is 19.4. The van der Waals surface area contributed by atoms with Crippen molar-refractivity contribution in [1.29, 1.82) is 5.26 Å². The van der Waals surface area contributed by atoms with Gasteiger partial charge in [-0.15, -0.1) is 0 Å². The van der Waals surface area contributed by atoms with Crippen LogP contribution in [0.1, 0.15) is 102 Å². The number of amides is 2. The van der Waals surface area contributed by atoms with Crippen LogP contribution in [-0.2, 0) is 18.9 Å². The Labute approximate surface area is 300 Å². The van der Waals surface area contributed by atoms with Crippen LogP contribution in [0.25, 0.3) is 0 Å². The summed E-state index contributed by atoms with van der Waals surface area (Å²) in [6.07, 6.45) is 3.10. The summed E-state index contributed by atoms with van der Waals surface area (Å²) in [7, 11) is 0. The predicted octanol–water partition coefficient (Wildman–Crippen LogP) is 7.88. The highest BCUT2D eigenvalue weighted by Crippen LogP contribution is 2.35. The molecule has 0 radical (unpaired) electrons. The molecule has 4 atom stereocenters. The summed E-state index contributed by atoms with van der Waals surface area (Å²) in [4.78, 5) is 28.4. The van der Waals surface area contributed by atoms with Crippen LogP contribution < -0.4 is 5.73 Å². The Morgan fingerprint density at radius 1 is 0.800 bits per heavy atom. The molecule has 0 aliphatic carbocycles. The van der Waals surface area contributed by atoms with Crippen LogP contribution in [0.15, 0.2) is 48.5 Å². The summed E-state index contributed by atoms with van der Waals surface area (Å²) in [6.45, 7) is 19.1. The average Bonchev–Trinajstić information content (AvgIpc) is 3.04. The van der Waals surface area contributed by atoms with Gasteiger partial charge in [-0.2, -0.15) is 5.26 Å². The first-order chi connectivity index (χ1) is 23.6. The molecule has 2 aliphatic rings. The van der Waals surface area contributed by atoms with Gasteiger partial charge in [0.25, 0.3) is 0 Å². The van der Waals surface area contributed by atoms with Crippen LogP contribution in [0.5, 0.6) is 0 Å². The van der Waals surface area contributed by atoms with Gasteiger partial charge in [-0.05, 0) is 92.2 Å². The fourth-order valence-electron chi connectivity index (χ4n) is 6.52. The lowest BCUT2D eigenvalue weighted by Crippen LogP contribution is -2.44. The zero-order valence-corrected chi connectivity index (χ0v) is 31.6. The standard InChI is InChI=1S/C20H32N2O3.C20H28N2O3/c2*1-15-7-5-8-16(13-15)18(24-12-10-21)17-9-6-11-22(14-17)19(23)25-20(2,3)4/h5,7-8,13,17-18H,6,9-12,14,21H2,1-4H3;5,7-8,13,17-18H,6,9,11-12,14H2,1-4H3/t2*17-,18+/m11/s1. The molecule has 50 heavy (non-hydrogen) atoms. The first kappa shape index (κ1) is 40.8. The average molecular weight is 693 g/mol. The minimum Gasteiger partial charge on any atom is -0.444 e. The van der Waals surface area contributed by atoms with Crippen molar-refractivity contribution in [1.82, 2.24) is 9.80 Å². The molecular formula is C40H60N4O6. The molecule has 0 saturated carbocycles. The SMILES string of the molecule is Cc1cccc([C@H](OCC#N)[C@@H]2CCCN(C(=O)OC(C)(C)C)C2)c1.Cc1cccc([C@H](OCCN)[C@@H]2CCCN(C(=O)OC(C)(C)C)C2)c1. The molecule has 2 amide bonds. The molecule has 0 spiro atoms. The van der Waals surface area contributed by atoms with E-state index in [0.717, 1.165) is 48.9 Å². The maximum absolute atomic E-state index is 12.4. The van der Waals surface area contributed by atoms with Gasteiger partial charge < -0.3 is 34.5 Å². The Balaban J connectivity index is 0.000000270. The van der Waals surface area contributed by atoms with Gasteiger partial charge in [0, 0.05) is 44.6 Å². The minimum atomic E-state index is -0.503. The van der Waals surface area contributed by atoms with Crippen molar-refractivity contribution in [3.8, 4) is 6.07 Å². The van der Waals surface area contributed by atoms with Gasteiger partial charge in [-0.1, -0.05) is 59.7 Å². The summed E-state index contributed by atoms with van der Waals surface area (Å²) in [6, 6.07) is 18.6. The lowest BCUT2D eigenvalue weighted by molar-refractivity contribution is -0.0234. The molecular weight excluding hydrogens is 632 g/mol. The van der Waals surface area contributed by atoms with E-state index in [4.69, 9.17) is 29.9 Å². The van der Waals surface area contributed by atoms with Gasteiger partial charge in [-0.25, -0.2) is 9.59 Å². The van der Waals surface area contributed by atoms with Gasteiger partial charge >= 0.3 is 12.2 Å². The quantitative estimate of drug-likeness (QED) is 0.281. The third-order valence-corrected chi connectivity index (χ3v) is 8.56. The third kappa shape index (κ3) is 13.6. The predicted molar refractivity (Wildman–Crippen MR) is 195 cm³/mol. The van der Waals surface area contributed by atoms with Crippen LogP contribution in [-0.4, -0.2) is 79.1 Å². The molecule has 2 aliphatic heterocycles. The van der Waals surface area contributed by atoms with Gasteiger partial charge in [0.2, 0.25) is 0 Å². The molecule has 0 unspecified atom stereocenters. The summed E-state index contributed by atoms with van der Waals surface area (Å²) >= 11 is 0. The van der Waals surface area contributed by atoms with Crippen LogP contribution in [0.3, 0.4) is 0 Å². The van der Waals surface area contributed by atoms with Crippen LogP contribution in [0.2, 0.25) is 0 Å². The highest BCUT2D eigenvalue weighted by Gasteiger charge is 2.34. The summed E-state index contributed by atoms with van der Waals surface area (Å²) in [5, 5.41) is 8.92. The largest absolute Gasteiger partial charge is 0.444 e. The number of nitrogens with zero attached hydrogens (tertiary/aromatic N) is 3. The van der Waals surface area contributed by atoms with Crippen LogP contribution in [0.4, 0.5) is 9.59 Å². The number of nitrogens with two attached hydrogens (primary N) is 1. The molecule has 0 bridgehead atoms. The zero-order valence-electron chi connectivity index (χ0n) is 31.6. The topological polar surface area (TPSA) is 127 Å². The van der Waals surface area contributed by atoms with Gasteiger partial charge in [0.15, 0.2) is 0 Å². The second-order valence-electron chi connectivity index (χ2n) is 15.5. The maximum atomic E-state index is 12.4. The fraction of sp³-hybridized carbons (Fsp3) is 0.625. The Bertz CT molecular complexity index is 1410. The van der Waals surface area contributed by atoms with Gasteiger partial charge in [0.1, 0.15) is 17.8 Å². The van der Waals surface area contributed by atoms with Crippen molar-refractivity contribution in [2.45, 2.75) is 104 Å². The minimum absolute atomic E-state index is 0.0432. The van der Waals surface area contributed by atoms with E-state index in [0.29, 0.717) is 32.8 Å². The molecule has 10 heteroatoms. The van der Waals surface area contributed by atoms with Crippen molar-refractivity contribution >= 4 is 12.2 Å². The number of nitriles is 1. The number of hydrogen-bond acceptors (Lipinski definition) is 8. The number of hydrogen-bond donors (Lipinski definition) is 1. The number of ether oxygens (including phenoxy) is 4. The van der Waals surface area contributed by atoms with E-state index >= 15 is 0 Å².